The zero-order valence-corrected chi connectivity index (χ0v) is 15.5. The number of hydrogen-bond donors (Lipinski definition) is 1. The lowest BCUT2D eigenvalue weighted by atomic mass is 10.1. The van der Waals surface area contributed by atoms with E-state index in [0.717, 1.165) is 26.1 Å². The van der Waals surface area contributed by atoms with Crippen LogP contribution in [0.5, 0.6) is 5.75 Å². The fraction of sp³-hybridized carbons (Fsp3) is 0.600. The van der Waals surface area contributed by atoms with E-state index in [-0.39, 0.29) is 14.9 Å². The maximum absolute atomic E-state index is 12.3. The molecule has 0 radical (unpaired) electrons. The second kappa shape index (κ2) is 8.53. The number of benzene rings is 1. The standard InChI is InChI=1S/C15H22Cl2N2O3S/c1-22-12-6-7-13(15(17)14(12)16)23(20,21)18-8-5-11-19-9-3-2-4-10-19/h6-7,18H,2-5,8-11H2,1H3. The van der Waals surface area contributed by atoms with Crippen LogP contribution in [-0.2, 0) is 10.0 Å². The van der Waals surface area contributed by atoms with E-state index in [2.05, 4.69) is 9.62 Å². The molecular weight excluding hydrogens is 359 g/mol. The number of ether oxygens (including phenoxy) is 1. The van der Waals surface area contributed by atoms with Gasteiger partial charge < -0.3 is 9.64 Å². The Morgan fingerprint density at radius 1 is 1.17 bits per heavy atom. The average Bonchev–Trinajstić information content (AvgIpc) is 2.55. The van der Waals surface area contributed by atoms with Crippen LogP contribution >= 0.6 is 23.2 Å². The van der Waals surface area contributed by atoms with E-state index in [1.807, 2.05) is 0 Å². The molecule has 1 aromatic rings. The molecular formula is C15H22Cl2N2O3S. The van der Waals surface area contributed by atoms with Gasteiger partial charge in [-0.2, -0.15) is 0 Å². The van der Waals surface area contributed by atoms with Gasteiger partial charge in [-0.15, -0.1) is 0 Å². The second-order valence-electron chi connectivity index (χ2n) is 5.55. The summed E-state index contributed by atoms with van der Waals surface area (Å²) in [6.45, 7) is 3.48. The van der Waals surface area contributed by atoms with Gasteiger partial charge in [0, 0.05) is 6.54 Å². The van der Waals surface area contributed by atoms with Crippen LogP contribution in [0.4, 0.5) is 0 Å². The summed E-state index contributed by atoms with van der Waals surface area (Å²) < 4.78 is 32.3. The fourth-order valence-corrected chi connectivity index (χ4v) is 4.56. The lowest BCUT2D eigenvalue weighted by molar-refractivity contribution is 0.227. The van der Waals surface area contributed by atoms with Crippen LogP contribution in [0, 0.1) is 0 Å². The van der Waals surface area contributed by atoms with Gasteiger partial charge in [0.15, 0.2) is 0 Å². The first-order valence-corrected chi connectivity index (χ1v) is 9.93. The van der Waals surface area contributed by atoms with Gasteiger partial charge in [0.1, 0.15) is 15.7 Å². The van der Waals surface area contributed by atoms with E-state index in [0.29, 0.717) is 12.3 Å². The van der Waals surface area contributed by atoms with Crippen LogP contribution in [0.25, 0.3) is 0 Å². The predicted molar refractivity (Wildman–Crippen MR) is 93.1 cm³/mol. The Morgan fingerprint density at radius 2 is 1.87 bits per heavy atom. The zero-order valence-electron chi connectivity index (χ0n) is 13.1. The van der Waals surface area contributed by atoms with Crippen LogP contribution in [0.2, 0.25) is 10.0 Å². The number of nitrogens with zero attached hydrogens (tertiary/aromatic N) is 1. The molecule has 0 amide bonds. The van der Waals surface area contributed by atoms with Gasteiger partial charge in [0.2, 0.25) is 10.0 Å². The molecule has 0 saturated carbocycles. The molecule has 1 aliphatic heterocycles. The molecule has 23 heavy (non-hydrogen) atoms. The summed E-state index contributed by atoms with van der Waals surface area (Å²) in [5, 5.41) is 0.0832. The summed E-state index contributed by atoms with van der Waals surface area (Å²) in [4.78, 5) is 2.35. The first-order chi connectivity index (χ1) is 11.0. The SMILES string of the molecule is COc1ccc(S(=O)(=O)NCCCN2CCCCC2)c(Cl)c1Cl. The number of rotatable bonds is 7. The summed E-state index contributed by atoms with van der Waals surface area (Å²) in [6.07, 6.45) is 4.51. The zero-order chi connectivity index (χ0) is 16.9. The summed E-state index contributed by atoms with van der Waals surface area (Å²) in [5.41, 5.74) is 0. The molecule has 1 aliphatic rings. The molecule has 1 N–H and O–H groups in total. The van der Waals surface area contributed by atoms with E-state index in [1.165, 1.54) is 38.5 Å². The average molecular weight is 381 g/mol. The predicted octanol–water partition coefficient (Wildman–Crippen LogP) is 3.16. The summed E-state index contributed by atoms with van der Waals surface area (Å²) in [5.74, 6) is 0.348. The Labute approximate surface area is 148 Å². The van der Waals surface area contributed by atoms with Crippen LogP contribution in [0.15, 0.2) is 17.0 Å². The molecule has 8 heteroatoms. The van der Waals surface area contributed by atoms with Crippen molar-refractivity contribution in [1.29, 1.82) is 0 Å². The third-order valence-corrected chi connectivity index (χ3v) is 6.39. The van der Waals surface area contributed by atoms with E-state index < -0.39 is 10.0 Å². The largest absolute Gasteiger partial charge is 0.495 e. The Morgan fingerprint density at radius 3 is 2.52 bits per heavy atom. The highest BCUT2D eigenvalue weighted by molar-refractivity contribution is 7.89. The van der Waals surface area contributed by atoms with Gasteiger partial charge in [-0.05, 0) is 51.0 Å². The van der Waals surface area contributed by atoms with Crippen molar-refractivity contribution < 1.29 is 13.2 Å². The third kappa shape index (κ3) is 4.97. The van der Waals surface area contributed by atoms with Gasteiger partial charge in [-0.25, -0.2) is 13.1 Å². The van der Waals surface area contributed by atoms with Gasteiger partial charge in [-0.1, -0.05) is 29.6 Å². The van der Waals surface area contributed by atoms with Crippen molar-refractivity contribution in [3.8, 4) is 5.75 Å². The smallest absolute Gasteiger partial charge is 0.242 e. The van der Waals surface area contributed by atoms with E-state index in [9.17, 15) is 8.42 Å². The number of halogens is 2. The minimum Gasteiger partial charge on any atom is -0.495 e. The highest BCUT2D eigenvalue weighted by atomic mass is 35.5. The molecule has 130 valence electrons. The minimum atomic E-state index is -3.68. The highest BCUT2D eigenvalue weighted by Crippen LogP contribution is 2.36. The van der Waals surface area contributed by atoms with Crippen molar-refractivity contribution in [2.75, 3.05) is 33.3 Å². The fourth-order valence-electron chi connectivity index (χ4n) is 2.65. The van der Waals surface area contributed by atoms with Gasteiger partial charge in [-0.3, -0.25) is 0 Å². The summed E-state index contributed by atoms with van der Waals surface area (Å²) >= 11 is 12.1. The third-order valence-electron chi connectivity index (χ3n) is 3.91. The Balaban J connectivity index is 1.92. The number of likely N-dealkylation sites (tertiary alicyclic amines) is 1. The molecule has 0 spiro atoms. The lowest BCUT2D eigenvalue weighted by Gasteiger charge is -2.26. The minimum absolute atomic E-state index is 0.0189. The maximum Gasteiger partial charge on any atom is 0.242 e. The molecule has 1 heterocycles. The first-order valence-electron chi connectivity index (χ1n) is 7.69. The molecule has 0 bridgehead atoms. The van der Waals surface area contributed by atoms with Crippen molar-refractivity contribution in [2.45, 2.75) is 30.6 Å². The number of piperidine rings is 1. The van der Waals surface area contributed by atoms with E-state index in [4.69, 9.17) is 27.9 Å². The first kappa shape index (κ1) is 18.8. The monoisotopic (exact) mass is 380 g/mol. The normalized spacial score (nSPS) is 16.5. The molecule has 1 aromatic carbocycles. The molecule has 1 saturated heterocycles. The number of hydrogen-bond acceptors (Lipinski definition) is 4. The summed E-state index contributed by atoms with van der Waals surface area (Å²) in [7, 11) is -2.23. The Hall–Kier alpha value is -0.530. The lowest BCUT2D eigenvalue weighted by Crippen LogP contribution is -2.33. The molecule has 0 aliphatic carbocycles. The highest BCUT2D eigenvalue weighted by Gasteiger charge is 2.21. The Kier molecular flexibility index (Phi) is 6.98. The molecule has 5 nitrogen and oxygen atoms in total. The van der Waals surface area contributed by atoms with Crippen LogP contribution in [0.1, 0.15) is 25.7 Å². The number of methoxy groups -OCH3 is 1. The van der Waals surface area contributed by atoms with Gasteiger partial charge >= 0.3 is 0 Å². The van der Waals surface area contributed by atoms with E-state index >= 15 is 0 Å². The van der Waals surface area contributed by atoms with Crippen LogP contribution in [-0.4, -0.2) is 46.6 Å². The molecule has 0 atom stereocenters. The summed E-state index contributed by atoms with van der Waals surface area (Å²) in [6, 6.07) is 2.90. The number of nitrogens with one attached hydrogen (secondary N) is 1. The van der Waals surface area contributed by atoms with Crippen molar-refractivity contribution in [3.05, 3.63) is 22.2 Å². The van der Waals surface area contributed by atoms with Crippen LogP contribution in [0.3, 0.4) is 0 Å². The van der Waals surface area contributed by atoms with Crippen molar-refractivity contribution in [3.63, 3.8) is 0 Å². The van der Waals surface area contributed by atoms with Gasteiger partial charge in [0.05, 0.1) is 12.1 Å². The van der Waals surface area contributed by atoms with Crippen molar-refractivity contribution in [1.82, 2.24) is 9.62 Å². The van der Waals surface area contributed by atoms with Crippen molar-refractivity contribution >= 4 is 33.2 Å². The number of sulfonamides is 1. The molecule has 2 rings (SSSR count). The van der Waals surface area contributed by atoms with Crippen LogP contribution < -0.4 is 9.46 Å². The molecule has 1 fully saturated rings. The second-order valence-corrected chi connectivity index (χ2v) is 8.04. The maximum atomic E-state index is 12.3. The molecule has 0 aromatic heterocycles. The quantitative estimate of drug-likeness (QED) is 0.738. The Bertz CT molecular complexity index is 632. The topological polar surface area (TPSA) is 58.6 Å². The molecule has 0 unspecified atom stereocenters. The van der Waals surface area contributed by atoms with Crippen molar-refractivity contribution in [2.24, 2.45) is 0 Å². The van der Waals surface area contributed by atoms with E-state index in [1.54, 1.807) is 0 Å². The van der Waals surface area contributed by atoms with Gasteiger partial charge in [0.25, 0.3) is 0 Å².